The maximum absolute atomic E-state index is 5.45. The van der Waals surface area contributed by atoms with Gasteiger partial charge in [-0.25, -0.2) is 4.68 Å². The molecule has 18 heavy (non-hydrogen) atoms. The second kappa shape index (κ2) is 5.23. The van der Waals surface area contributed by atoms with Crippen LogP contribution in [0.25, 0.3) is 5.69 Å². The Morgan fingerprint density at radius 1 is 1.17 bits per heavy atom. The lowest BCUT2D eigenvalue weighted by Gasteiger charge is -2.07. The van der Waals surface area contributed by atoms with Gasteiger partial charge in [0.25, 0.3) is 0 Å². The molecule has 0 amide bonds. The van der Waals surface area contributed by atoms with E-state index in [1.807, 2.05) is 35.9 Å². The fraction of sp³-hybridized carbons (Fsp3) is 0.357. The molecule has 1 aromatic carbocycles. The van der Waals surface area contributed by atoms with Crippen LogP contribution < -0.4 is 10.5 Å². The minimum atomic E-state index is 0.526. The standard InChI is InChI=1S/C14H19N3O/c1-10-11(2)16-17(12(10)3)13-4-6-14(7-5-13)18-9-8-15/h4-7H,8-9,15H2,1-3H3. The van der Waals surface area contributed by atoms with Crippen LogP contribution in [0, 0.1) is 20.8 Å². The highest BCUT2D eigenvalue weighted by atomic mass is 16.5. The first kappa shape index (κ1) is 12.6. The Labute approximate surface area is 107 Å². The molecule has 2 N–H and O–H groups in total. The van der Waals surface area contributed by atoms with Gasteiger partial charge in [0.05, 0.1) is 11.4 Å². The molecule has 0 saturated carbocycles. The van der Waals surface area contributed by atoms with Gasteiger partial charge in [0.2, 0.25) is 0 Å². The van der Waals surface area contributed by atoms with Crippen molar-refractivity contribution in [2.75, 3.05) is 13.2 Å². The molecular formula is C14H19N3O. The zero-order valence-electron chi connectivity index (χ0n) is 11.1. The van der Waals surface area contributed by atoms with Crippen LogP contribution in [0.3, 0.4) is 0 Å². The Morgan fingerprint density at radius 2 is 1.83 bits per heavy atom. The fourth-order valence-electron chi connectivity index (χ4n) is 1.83. The number of nitrogens with zero attached hydrogens (tertiary/aromatic N) is 2. The van der Waals surface area contributed by atoms with Crippen molar-refractivity contribution >= 4 is 0 Å². The quantitative estimate of drug-likeness (QED) is 0.897. The smallest absolute Gasteiger partial charge is 0.119 e. The lowest BCUT2D eigenvalue weighted by molar-refractivity contribution is 0.328. The van der Waals surface area contributed by atoms with E-state index < -0.39 is 0 Å². The van der Waals surface area contributed by atoms with Gasteiger partial charge in [0.1, 0.15) is 12.4 Å². The van der Waals surface area contributed by atoms with Gasteiger partial charge < -0.3 is 10.5 Å². The van der Waals surface area contributed by atoms with Crippen LogP contribution in [0.4, 0.5) is 0 Å². The molecule has 0 aliphatic carbocycles. The van der Waals surface area contributed by atoms with E-state index in [1.54, 1.807) is 0 Å². The molecule has 4 nitrogen and oxygen atoms in total. The molecule has 0 radical (unpaired) electrons. The Hall–Kier alpha value is -1.81. The van der Waals surface area contributed by atoms with E-state index >= 15 is 0 Å². The first-order valence-corrected chi connectivity index (χ1v) is 6.09. The molecule has 0 fully saturated rings. The average molecular weight is 245 g/mol. The topological polar surface area (TPSA) is 53.1 Å². The highest BCUT2D eigenvalue weighted by Gasteiger charge is 2.08. The second-order valence-electron chi connectivity index (χ2n) is 4.34. The molecule has 0 saturated heterocycles. The summed E-state index contributed by atoms with van der Waals surface area (Å²) < 4.78 is 7.41. The number of aryl methyl sites for hydroxylation is 1. The van der Waals surface area contributed by atoms with E-state index in [0.717, 1.165) is 17.1 Å². The molecule has 0 aliphatic heterocycles. The molecule has 0 bridgehead atoms. The van der Waals surface area contributed by atoms with Gasteiger partial charge in [0, 0.05) is 12.2 Å². The van der Waals surface area contributed by atoms with Crippen LogP contribution >= 0.6 is 0 Å². The Balaban J connectivity index is 2.26. The largest absolute Gasteiger partial charge is 0.492 e. The fourth-order valence-corrected chi connectivity index (χ4v) is 1.83. The SMILES string of the molecule is Cc1nn(-c2ccc(OCCN)cc2)c(C)c1C. The highest BCUT2D eigenvalue weighted by Crippen LogP contribution is 2.19. The number of nitrogens with two attached hydrogens (primary N) is 1. The molecule has 1 heterocycles. The van der Waals surface area contributed by atoms with E-state index in [4.69, 9.17) is 10.5 Å². The van der Waals surface area contributed by atoms with Crippen LogP contribution in [-0.2, 0) is 0 Å². The molecule has 2 rings (SSSR count). The number of hydrogen-bond acceptors (Lipinski definition) is 3. The summed E-state index contributed by atoms with van der Waals surface area (Å²) in [6.45, 7) is 7.26. The first-order valence-electron chi connectivity index (χ1n) is 6.09. The Kier molecular flexibility index (Phi) is 3.67. The molecule has 0 spiro atoms. The van der Waals surface area contributed by atoms with Gasteiger partial charge in [0.15, 0.2) is 0 Å². The van der Waals surface area contributed by atoms with E-state index in [0.29, 0.717) is 13.2 Å². The summed E-state index contributed by atoms with van der Waals surface area (Å²) in [5.74, 6) is 0.836. The zero-order chi connectivity index (χ0) is 13.1. The number of hydrogen-bond donors (Lipinski definition) is 1. The molecule has 0 atom stereocenters. The van der Waals surface area contributed by atoms with Crippen LogP contribution in [0.15, 0.2) is 24.3 Å². The van der Waals surface area contributed by atoms with Crippen molar-refractivity contribution in [1.29, 1.82) is 0 Å². The van der Waals surface area contributed by atoms with Gasteiger partial charge in [-0.05, 0) is 50.6 Å². The predicted molar refractivity (Wildman–Crippen MR) is 72.3 cm³/mol. The van der Waals surface area contributed by atoms with Crippen molar-refractivity contribution in [1.82, 2.24) is 9.78 Å². The third-order valence-corrected chi connectivity index (χ3v) is 3.12. The lowest BCUT2D eigenvalue weighted by atomic mass is 10.2. The maximum atomic E-state index is 5.45. The monoisotopic (exact) mass is 245 g/mol. The third-order valence-electron chi connectivity index (χ3n) is 3.12. The molecular weight excluding hydrogens is 226 g/mol. The minimum absolute atomic E-state index is 0.526. The van der Waals surface area contributed by atoms with Crippen molar-refractivity contribution < 1.29 is 4.74 Å². The van der Waals surface area contributed by atoms with E-state index in [-0.39, 0.29) is 0 Å². The summed E-state index contributed by atoms with van der Waals surface area (Å²) in [7, 11) is 0. The van der Waals surface area contributed by atoms with E-state index in [1.165, 1.54) is 11.3 Å². The van der Waals surface area contributed by atoms with Crippen molar-refractivity contribution in [2.24, 2.45) is 5.73 Å². The normalized spacial score (nSPS) is 10.7. The number of ether oxygens (including phenoxy) is 1. The summed E-state index contributed by atoms with van der Waals surface area (Å²) in [6, 6.07) is 7.89. The van der Waals surface area contributed by atoms with Crippen molar-refractivity contribution in [2.45, 2.75) is 20.8 Å². The van der Waals surface area contributed by atoms with E-state index in [9.17, 15) is 0 Å². The number of benzene rings is 1. The molecule has 4 heteroatoms. The molecule has 1 aromatic heterocycles. The van der Waals surface area contributed by atoms with Crippen LogP contribution in [0.5, 0.6) is 5.75 Å². The van der Waals surface area contributed by atoms with Gasteiger partial charge >= 0.3 is 0 Å². The first-order chi connectivity index (χ1) is 8.63. The highest BCUT2D eigenvalue weighted by molar-refractivity contribution is 5.40. The summed E-state index contributed by atoms with van der Waals surface area (Å²) >= 11 is 0. The average Bonchev–Trinajstić information content (AvgIpc) is 2.65. The molecule has 96 valence electrons. The van der Waals surface area contributed by atoms with Crippen molar-refractivity contribution in [3.63, 3.8) is 0 Å². The molecule has 0 unspecified atom stereocenters. The predicted octanol–water partition coefficient (Wildman–Crippen LogP) is 2.14. The molecule has 2 aromatic rings. The summed E-state index contributed by atoms with van der Waals surface area (Å²) in [6.07, 6.45) is 0. The Bertz CT molecular complexity index is 529. The van der Waals surface area contributed by atoms with Crippen LogP contribution in [0.1, 0.15) is 17.0 Å². The molecule has 0 aliphatic rings. The third kappa shape index (κ3) is 2.38. The summed E-state index contributed by atoms with van der Waals surface area (Å²) in [5.41, 5.74) is 9.91. The van der Waals surface area contributed by atoms with Gasteiger partial charge in [-0.15, -0.1) is 0 Å². The zero-order valence-corrected chi connectivity index (χ0v) is 11.1. The second-order valence-corrected chi connectivity index (χ2v) is 4.34. The minimum Gasteiger partial charge on any atom is -0.492 e. The number of rotatable bonds is 4. The van der Waals surface area contributed by atoms with Crippen molar-refractivity contribution in [3.05, 3.63) is 41.2 Å². The maximum Gasteiger partial charge on any atom is 0.119 e. The van der Waals surface area contributed by atoms with Crippen LogP contribution in [-0.4, -0.2) is 22.9 Å². The Morgan fingerprint density at radius 3 is 2.33 bits per heavy atom. The van der Waals surface area contributed by atoms with E-state index in [2.05, 4.69) is 18.9 Å². The summed E-state index contributed by atoms with van der Waals surface area (Å²) in [5, 5.41) is 4.53. The van der Waals surface area contributed by atoms with Crippen molar-refractivity contribution in [3.8, 4) is 11.4 Å². The van der Waals surface area contributed by atoms with Gasteiger partial charge in [-0.2, -0.15) is 5.10 Å². The lowest BCUT2D eigenvalue weighted by Crippen LogP contribution is -2.10. The number of aromatic nitrogens is 2. The van der Waals surface area contributed by atoms with Gasteiger partial charge in [-0.3, -0.25) is 0 Å². The summed E-state index contributed by atoms with van der Waals surface area (Å²) in [4.78, 5) is 0. The van der Waals surface area contributed by atoms with Gasteiger partial charge in [-0.1, -0.05) is 0 Å². The van der Waals surface area contributed by atoms with Crippen LogP contribution in [0.2, 0.25) is 0 Å².